The zero-order chi connectivity index (χ0) is 12.7. The van der Waals surface area contributed by atoms with Crippen molar-refractivity contribution >= 4 is 17.5 Å². The summed E-state index contributed by atoms with van der Waals surface area (Å²) in [6.07, 6.45) is 0.687. The van der Waals surface area contributed by atoms with Crippen LogP contribution in [0.2, 0.25) is 0 Å². The van der Waals surface area contributed by atoms with Gasteiger partial charge in [0.1, 0.15) is 6.04 Å². The van der Waals surface area contributed by atoms with Gasteiger partial charge < -0.3 is 4.90 Å². The second kappa shape index (κ2) is 6.93. The smallest absolute Gasteiger partial charge is 0.220 e. The molecule has 0 unspecified atom stereocenters. The third-order valence-electron chi connectivity index (χ3n) is 2.49. The predicted octanol–water partition coefficient (Wildman–Crippen LogP) is 2.73. The molecule has 0 saturated carbocycles. The van der Waals surface area contributed by atoms with Gasteiger partial charge in [0.05, 0.1) is 6.07 Å². The zero-order valence-electron chi connectivity index (χ0n) is 9.77. The fourth-order valence-electron chi connectivity index (χ4n) is 1.66. The highest BCUT2D eigenvalue weighted by atomic mass is 35.5. The molecule has 0 spiro atoms. The lowest BCUT2D eigenvalue weighted by Crippen LogP contribution is -2.33. The maximum atomic E-state index is 11.6. The number of nitrogens with zero attached hydrogens (tertiary/aromatic N) is 2. The molecule has 1 atom stereocenters. The quantitative estimate of drug-likeness (QED) is 0.755. The van der Waals surface area contributed by atoms with Crippen molar-refractivity contribution in [1.29, 1.82) is 5.26 Å². The second-order valence-electron chi connectivity index (χ2n) is 3.70. The van der Waals surface area contributed by atoms with Crippen LogP contribution in [-0.4, -0.2) is 23.2 Å². The summed E-state index contributed by atoms with van der Waals surface area (Å²) >= 11 is 5.62. The Hall–Kier alpha value is -1.53. The second-order valence-corrected chi connectivity index (χ2v) is 4.08. The maximum absolute atomic E-state index is 11.6. The standard InChI is InChI=1S/C13H15ClN2O/c1-11(17)16(9-5-8-14)13(10-15)12-6-3-2-4-7-12/h2-4,6-7,13H,5,8-9H2,1H3/t13-/m1/s1. The Labute approximate surface area is 107 Å². The number of alkyl halides is 1. The third-order valence-corrected chi connectivity index (χ3v) is 2.75. The van der Waals surface area contributed by atoms with Gasteiger partial charge in [-0.3, -0.25) is 4.79 Å². The van der Waals surface area contributed by atoms with Crippen molar-refractivity contribution in [3.63, 3.8) is 0 Å². The molecule has 1 aromatic rings. The van der Waals surface area contributed by atoms with Crippen molar-refractivity contribution in [3.8, 4) is 6.07 Å². The molecule has 0 aromatic heterocycles. The molecule has 0 aliphatic rings. The molecule has 0 saturated heterocycles. The van der Waals surface area contributed by atoms with Gasteiger partial charge in [0.25, 0.3) is 0 Å². The normalized spacial score (nSPS) is 11.6. The summed E-state index contributed by atoms with van der Waals surface area (Å²) in [6, 6.07) is 10.9. The van der Waals surface area contributed by atoms with Gasteiger partial charge in [0, 0.05) is 19.3 Å². The number of halogens is 1. The van der Waals surface area contributed by atoms with Crippen LogP contribution in [0.15, 0.2) is 30.3 Å². The van der Waals surface area contributed by atoms with Gasteiger partial charge in [-0.1, -0.05) is 30.3 Å². The lowest BCUT2D eigenvalue weighted by Gasteiger charge is -2.26. The Morgan fingerprint density at radius 1 is 1.47 bits per heavy atom. The molecule has 0 radical (unpaired) electrons. The lowest BCUT2D eigenvalue weighted by molar-refractivity contribution is -0.130. The molecule has 1 aromatic carbocycles. The number of carbonyl (C=O) groups excluding carboxylic acids is 1. The molecule has 0 bridgehead atoms. The van der Waals surface area contributed by atoms with E-state index in [9.17, 15) is 10.1 Å². The van der Waals surface area contributed by atoms with E-state index in [0.29, 0.717) is 18.8 Å². The first kappa shape index (κ1) is 13.5. The largest absolute Gasteiger partial charge is 0.323 e. The van der Waals surface area contributed by atoms with Gasteiger partial charge in [-0.15, -0.1) is 11.6 Å². The average Bonchev–Trinajstić information content (AvgIpc) is 2.35. The van der Waals surface area contributed by atoms with E-state index in [0.717, 1.165) is 5.56 Å². The molecule has 17 heavy (non-hydrogen) atoms. The Morgan fingerprint density at radius 2 is 2.12 bits per heavy atom. The third kappa shape index (κ3) is 3.76. The van der Waals surface area contributed by atoms with Crippen molar-refractivity contribution in [2.24, 2.45) is 0 Å². The molecule has 0 aliphatic heterocycles. The summed E-state index contributed by atoms with van der Waals surface area (Å²) in [5.41, 5.74) is 0.833. The fraction of sp³-hybridized carbons (Fsp3) is 0.385. The zero-order valence-corrected chi connectivity index (χ0v) is 10.5. The summed E-state index contributed by atoms with van der Waals surface area (Å²) in [7, 11) is 0. The summed E-state index contributed by atoms with van der Waals surface area (Å²) in [5.74, 6) is 0.377. The first-order chi connectivity index (χ1) is 8.20. The van der Waals surface area contributed by atoms with E-state index in [1.165, 1.54) is 6.92 Å². The number of carbonyl (C=O) groups is 1. The first-order valence-corrected chi connectivity index (χ1v) is 6.02. The predicted molar refractivity (Wildman–Crippen MR) is 67.5 cm³/mol. The van der Waals surface area contributed by atoms with Crippen LogP contribution in [0.4, 0.5) is 0 Å². The minimum Gasteiger partial charge on any atom is -0.323 e. The van der Waals surface area contributed by atoms with Crippen molar-refractivity contribution in [2.75, 3.05) is 12.4 Å². The number of amides is 1. The molecule has 90 valence electrons. The van der Waals surface area contributed by atoms with Crippen LogP contribution < -0.4 is 0 Å². The van der Waals surface area contributed by atoms with E-state index >= 15 is 0 Å². The van der Waals surface area contributed by atoms with Gasteiger partial charge in [0.15, 0.2) is 0 Å². The molecule has 0 N–H and O–H groups in total. The van der Waals surface area contributed by atoms with Gasteiger partial charge >= 0.3 is 0 Å². The number of benzene rings is 1. The number of nitriles is 1. The first-order valence-electron chi connectivity index (χ1n) is 5.48. The Bertz CT molecular complexity index is 400. The van der Waals surface area contributed by atoms with Crippen molar-refractivity contribution in [3.05, 3.63) is 35.9 Å². The molecule has 4 heteroatoms. The van der Waals surface area contributed by atoms with Gasteiger partial charge in [-0.05, 0) is 12.0 Å². The van der Waals surface area contributed by atoms with Gasteiger partial charge in [-0.2, -0.15) is 5.26 Å². The van der Waals surface area contributed by atoms with Crippen LogP contribution in [0.1, 0.15) is 24.9 Å². The van der Waals surface area contributed by atoms with E-state index < -0.39 is 6.04 Å². The molecule has 3 nitrogen and oxygen atoms in total. The Morgan fingerprint density at radius 3 is 2.59 bits per heavy atom. The number of hydrogen-bond donors (Lipinski definition) is 0. The maximum Gasteiger partial charge on any atom is 0.220 e. The SMILES string of the molecule is CC(=O)N(CCCCl)[C@H](C#N)c1ccccc1. The minimum absolute atomic E-state index is 0.106. The summed E-state index contributed by atoms with van der Waals surface area (Å²) in [4.78, 5) is 13.1. The summed E-state index contributed by atoms with van der Waals surface area (Å²) < 4.78 is 0. The average molecular weight is 251 g/mol. The Kier molecular flexibility index (Phi) is 5.51. The molecular weight excluding hydrogens is 236 g/mol. The van der Waals surface area contributed by atoms with Crippen LogP contribution in [-0.2, 0) is 4.79 Å². The van der Waals surface area contributed by atoms with Gasteiger partial charge in [0.2, 0.25) is 5.91 Å². The Balaban J connectivity index is 2.90. The highest BCUT2D eigenvalue weighted by molar-refractivity contribution is 6.17. The minimum atomic E-state index is -0.531. The van der Waals surface area contributed by atoms with E-state index in [1.807, 2.05) is 30.3 Å². The summed E-state index contributed by atoms with van der Waals surface area (Å²) in [6.45, 7) is 1.98. The molecule has 0 fully saturated rings. The van der Waals surface area contributed by atoms with Crippen molar-refractivity contribution in [2.45, 2.75) is 19.4 Å². The number of rotatable bonds is 5. The molecular formula is C13H15ClN2O. The topological polar surface area (TPSA) is 44.1 Å². The summed E-state index contributed by atoms with van der Waals surface area (Å²) in [5, 5.41) is 9.22. The van der Waals surface area contributed by atoms with E-state index in [1.54, 1.807) is 4.90 Å². The number of hydrogen-bond acceptors (Lipinski definition) is 2. The van der Waals surface area contributed by atoms with Crippen molar-refractivity contribution in [1.82, 2.24) is 4.90 Å². The van der Waals surface area contributed by atoms with Crippen molar-refractivity contribution < 1.29 is 4.79 Å². The van der Waals surface area contributed by atoms with E-state index in [4.69, 9.17) is 11.6 Å². The molecule has 0 aliphatic carbocycles. The monoisotopic (exact) mass is 250 g/mol. The fourth-order valence-corrected chi connectivity index (χ4v) is 1.78. The van der Waals surface area contributed by atoms with Crippen LogP contribution in [0.25, 0.3) is 0 Å². The highest BCUT2D eigenvalue weighted by Crippen LogP contribution is 2.20. The van der Waals surface area contributed by atoms with Crippen LogP contribution >= 0.6 is 11.6 Å². The lowest BCUT2D eigenvalue weighted by atomic mass is 10.1. The molecule has 1 amide bonds. The molecule has 1 rings (SSSR count). The van der Waals surface area contributed by atoms with Crippen LogP contribution in [0, 0.1) is 11.3 Å². The van der Waals surface area contributed by atoms with Crippen LogP contribution in [0.3, 0.4) is 0 Å². The molecule has 0 heterocycles. The van der Waals surface area contributed by atoms with Crippen LogP contribution in [0.5, 0.6) is 0 Å². The highest BCUT2D eigenvalue weighted by Gasteiger charge is 2.21. The van der Waals surface area contributed by atoms with E-state index in [2.05, 4.69) is 6.07 Å². The van der Waals surface area contributed by atoms with Gasteiger partial charge in [-0.25, -0.2) is 0 Å². The van der Waals surface area contributed by atoms with E-state index in [-0.39, 0.29) is 5.91 Å².